The molecule has 0 aromatic carbocycles. The molecule has 1 saturated carbocycles. The normalized spacial score (nSPS) is 22.2. The Bertz CT molecular complexity index is 422. The third-order valence-electron chi connectivity index (χ3n) is 4.23. The molecule has 0 radical (unpaired) electrons. The summed E-state index contributed by atoms with van der Waals surface area (Å²) in [6, 6.07) is 0.781. The summed E-state index contributed by atoms with van der Waals surface area (Å²) >= 11 is 0. The average Bonchev–Trinajstić information content (AvgIpc) is 2.34. The molecule has 5 heteroatoms. The second kappa shape index (κ2) is 5.33. The highest BCUT2D eigenvalue weighted by Gasteiger charge is 2.29. The lowest BCUT2D eigenvalue weighted by Gasteiger charge is -2.41. The molecular formula is C14H20FN3O. The number of nitrogens with zero attached hydrogens (tertiary/aromatic N) is 2. The van der Waals surface area contributed by atoms with Crippen LogP contribution >= 0.6 is 0 Å². The zero-order valence-corrected chi connectivity index (χ0v) is 11.0. The zero-order chi connectivity index (χ0) is 13.2. The smallest absolute Gasteiger partial charge is 0.185 e. The molecule has 2 heterocycles. The van der Waals surface area contributed by atoms with Crippen LogP contribution in [0.1, 0.15) is 32.1 Å². The number of rotatable bonds is 3. The molecule has 3 rings (SSSR count). The number of ether oxygens (including phenoxy) is 1. The fourth-order valence-corrected chi connectivity index (χ4v) is 2.84. The van der Waals surface area contributed by atoms with Crippen LogP contribution in [0.25, 0.3) is 0 Å². The first-order chi connectivity index (χ1) is 9.24. The van der Waals surface area contributed by atoms with E-state index < -0.39 is 5.82 Å². The first-order valence-electron chi connectivity index (χ1n) is 7.03. The summed E-state index contributed by atoms with van der Waals surface area (Å²) in [5.74, 6) is -0.307. The summed E-state index contributed by atoms with van der Waals surface area (Å²) in [5.41, 5.74) is 5.99. The summed E-state index contributed by atoms with van der Waals surface area (Å²) in [5, 5.41) is 0. The molecule has 19 heavy (non-hydrogen) atoms. The molecule has 0 spiro atoms. The minimum atomic E-state index is -0.471. The van der Waals surface area contributed by atoms with E-state index in [0.29, 0.717) is 0 Å². The summed E-state index contributed by atoms with van der Waals surface area (Å²) < 4.78 is 19.3. The summed E-state index contributed by atoms with van der Waals surface area (Å²) in [6.07, 6.45) is 8.55. The Morgan fingerprint density at radius 3 is 2.53 bits per heavy atom. The van der Waals surface area contributed by atoms with Gasteiger partial charge in [-0.2, -0.15) is 0 Å². The third kappa shape index (κ3) is 2.66. The van der Waals surface area contributed by atoms with E-state index in [9.17, 15) is 4.39 Å². The van der Waals surface area contributed by atoms with E-state index >= 15 is 0 Å². The fourth-order valence-electron chi connectivity index (χ4n) is 2.84. The Morgan fingerprint density at radius 2 is 1.95 bits per heavy atom. The molecule has 1 saturated heterocycles. The highest BCUT2D eigenvalue weighted by molar-refractivity contribution is 5.50. The predicted molar refractivity (Wildman–Crippen MR) is 71.5 cm³/mol. The zero-order valence-electron chi connectivity index (χ0n) is 11.0. The number of piperidine rings is 1. The third-order valence-corrected chi connectivity index (χ3v) is 4.23. The van der Waals surface area contributed by atoms with Gasteiger partial charge in [0.05, 0.1) is 18.1 Å². The average molecular weight is 265 g/mol. The van der Waals surface area contributed by atoms with Gasteiger partial charge in [-0.05, 0) is 25.7 Å². The molecule has 2 fully saturated rings. The monoisotopic (exact) mass is 265 g/mol. The number of hydrogen-bond acceptors (Lipinski definition) is 4. The predicted octanol–water partition coefficient (Wildman–Crippen LogP) is 2.20. The van der Waals surface area contributed by atoms with Crippen LogP contribution in [0.15, 0.2) is 12.4 Å². The van der Waals surface area contributed by atoms with Crippen LogP contribution < -0.4 is 10.5 Å². The number of anilines is 1. The van der Waals surface area contributed by atoms with Gasteiger partial charge in [-0.1, -0.05) is 6.42 Å². The fraction of sp³-hybridized carbons (Fsp3) is 0.643. The lowest BCUT2D eigenvalue weighted by Crippen LogP contribution is -2.46. The van der Waals surface area contributed by atoms with Crippen LogP contribution in [-0.2, 0) is 0 Å². The van der Waals surface area contributed by atoms with Crippen LogP contribution in [0.2, 0.25) is 0 Å². The maximum atomic E-state index is 13.6. The SMILES string of the molecule is Nc1cncc(F)c1OC1CCN(C2CCC2)CC1. The Kier molecular flexibility index (Phi) is 3.55. The molecule has 0 atom stereocenters. The van der Waals surface area contributed by atoms with Crippen molar-refractivity contribution in [2.45, 2.75) is 44.2 Å². The number of aromatic nitrogens is 1. The Balaban J connectivity index is 1.57. The lowest BCUT2D eigenvalue weighted by molar-refractivity contribution is 0.0480. The van der Waals surface area contributed by atoms with Crippen molar-refractivity contribution in [3.63, 3.8) is 0 Å². The maximum Gasteiger partial charge on any atom is 0.185 e. The second-order valence-electron chi connectivity index (χ2n) is 5.48. The number of halogens is 1. The van der Waals surface area contributed by atoms with Crippen LogP contribution in [0.3, 0.4) is 0 Å². The number of likely N-dealkylation sites (tertiary alicyclic amines) is 1. The van der Waals surface area contributed by atoms with Crippen molar-refractivity contribution in [1.82, 2.24) is 9.88 Å². The number of nitrogens with two attached hydrogens (primary N) is 1. The van der Waals surface area contributed by atoms with Gasteiger partial charge < -0.3 is 15.4 Å². The van der Waals surface area contributed by atoms with Crippen LogP contribution in [0.5, 0.6) is 5.75 Å². The van der Waals surface area contributed by atoms with E-state index in [1.54, 1.807) is 0 Å². The van der Waals surface area contributed by atoms with Crippen molar-refractivity contribution in [3.05, 3.63) is 18.2 Å². The van der Waals surface area contributed by atoms with E-state index in [1.807, 2.05) is 0 Å². The van der Waals surface area contributed by atoms with Crippen molar-refractivity contribution in [1.29, 1.82) is 0 Å². The van der Waals surface area contributed by atoms with E-state index in [-0.39, 0.29) is 17.5 Å². The second-order valence-corrected chi connectivity index (χ2v) is 5.48. The van der Waals surface area contributed by atoms with Gasteiger partial charge >= 0.3 is 0 Å². The van der Waals surface area contributed by atoms with Crippen molar-refractivity contribution < 1.29 is 9.13 Å². The minimum Gasteiger partial charge on any atom is -0.485 e. The highest BCUT2D eigenvalue weighted by Crippen LogP contribution is 2.30. The first kappa shape index (κ1) is 12.7. The van der Waals surface area contributed by atoms with Gasteiger partial charge in [-0.25, -0.2) is 4.39 Å². The van der Waals surface area contributed by atoms with Crippen molar-refractivity contribution in [3.8, 4) is 5.75 Å². The Hall–Kier alpha value is -1.36. The van der Waals surface area contributed by atoms with Crippen molar-refractivity contribution in [2.24, 2.45) is 0 Å². The topological polar surface area (TPSA) is 51.4 Å². The van der Waals surface area contributed by atoms with Gasteiger partial charge in [0.2, 0.25) is 0 Å². The number of hydrogen-bond donors (Lipinski definition) is 1. The molecule has 0 unspecified atom stereocenters. The van der Waals surface area contributed by atoms with E-state index in [1.165, 1.54) is 25.5 Å². The molecule has 2 aliphatic rings. The van der Waals surface area contributed by atoms with Gasteiger partial charge in [0.25, 0.3) is 0 Å². The molecule has 1 aromatic rings. The van der Waals surface area contributed by atoms with Gasteiger partial charge in [0, 0.05) is 19.1 Å². The first-order valence-corrected chi connectivity index (χ1v) is 7.03. The Morgan fingerprint density at radius 1 is 1.21 bits per heavy atom. The van der Waals surface area contributed by atoms with Gasteiger partial charge in [-0.3, -0.25) is 4.98 Å². The van der Waals surface area contributed by atoms with Gasteiger partial charge in [0.15, 0.2) is 11.6 Å². The Labute approximate surface area is 112 Å². The summed E-state index contributed by atoms with van der Waals surface area (Å²) in [4.78, 5) is 6.24. The molecule has 1 aliphatic heterocycles. The van der Waals surface area contributed by atoms with Crippen molar-refractivity contribution >= 4 is 5.69 Å². The largest absolute Gasteiger partial charge is 0.485 e. The van der Waals surface area contributed by atoms with E-state index in [2.05, 4.69) is 9.88 Å². The van der Waals surface area contributed by atoms with E-state index in [4.69, 9.17) is 10.5 Å². The highest BCUT2D eigenvalue weighted by atomic mass is 19.1. The molecule has 104 valence electrons. The van der Waals surface area contributed by atoms with Crippen molar-refractivity contribution in [2.75, 3.05) is 18.8 Å². The maximum absolute atomic E-state index is 13.6. The van der Waals surface area contributed by atoms with Crippen LogP contribution in [0.4, 0.5) is 10.1 Å². The molecule has 0 bridgehead atoms. The van der Waals surface area contributed by atoms with Gasteiger partial charge in [-0.15, -0.1) is 0 Å². The quantitative estimate of drug-likeness (QED) is 0.910. The number of nitrogen functional groups attached to an aromatic ring is 1. The molecule has 1 aromatic heterocycles. The number of pyridine rings is 1. The van der Waals surface area contributed by atoms with Crippen LogP contribution in [-0.4, -0.2) is 35.1 Å². The molecule has 1 aliphatic carbocycles. The lowest BCUT2D eigenvalue weighted by atomic mass is 9.90. The summed E-state index contributed by atoms with van der Waals surface area (Å²) in [6.45, 7) is 2.09. The summed E-state index contributed by atoms with van der Waals surface area (Å²) in [7, 11) is 0. The minimum absolute atomic E-state index is 0.0653. The molecule has 0 amide bonds. The molecule has 2 N–H and O–H groups in total. The van der Waals surface area contributed by atoms with Gasteiger partial charge in [0.1, 0.15) is 6.10 Å². The van der Waals surface area contributed by atoms with Crippen LogP contribution in [0, 0.1) is 5.82 Å². The standard InChI is InChI=1S/C14H20FN3O/c15-12-8-17-9-13(16)14(12)19-11-4-6-18(7-5-11)10-2-1-3-10/h8-11H,1-7,16H2. The molecule has 4 nitrogen and oxygen atoms in total. The molecular weight excluding hydrogens is 245 g/mol. The van der Waals surface area contributed by atoms with E-state index in [0.717, 1.165) is 38.2 Å².